The number of ether oxygens (including phenoxy) is 1. The van der Waals surface area contributed by atoms with Gasteiger partial charge in [-0.2, -0.15) is 0 Å². The van der Waals surface area contributed by atoms with Gasteiger partial charge in [0.1, 0.15) is 0 Å². The van der Waals surface area contributed by atoms with Gasteiger partial charge in [0.25, 0.3) is 0 Å². The summed E-state index contributed by atoms with van der Waals surface area (Å²) in [7, 11) is 0. The van der Waals surface area contributed by atoms with Crippen LogP contribution in [-0.2, 0) is 17.6 Å². The van der Waals surface area contributed by atoms with Gasteiger partial charge in [-0.05, 0) is 11.1 Å². The molecular formula is C16H16F2O. The van der Waals surface area contributed by atoms with Gasteiger partial charge in [-0.1, -0.05) is 60.7 Å². The van der Waals surface area contributed by atoms with Crippen LogP contribution < -0.4 is 0 Å². The Labute approximate surface area is 111 Å². The van der Waals surface area contributed by atoms with E-state index >= 15 is 0 Å². The van der Waals surface area contributed by atoms with Crippen molar-refractivity contribution in [1.82, 2.24) is 0 Å². The van der Waals surface area contributed by atoms with E-state index in [1.54, 1.807) is 24.3 Å². The highest BCUT2D eigenvalue weighted by Gasteiger charge is 2.15. The van der Waals surface area contributed by atoms with Crippen molar-refractivity contribution in [2.75, 3.05) is 0 Å². The smallest absolute Gasteiger partial charge is 0.205 e. The molecule has 2 rings (SSSR count). The molecule has 0 heterocycles. The quantitative estimate of drug-likeness (QED) is 0.762. The number of rotatable bonds is 6. The Balaban J connectivity index is 1.80. The number of benzene rings is 2. The van der Waals surface area contributed by atoms with Crippen LogP contribution in [0.15, 0.2) is 60.7 Å². The molecule has 2 aromatic rings. The van der Waals surface area contributed by atoms with E-state index in [4.69, 9.17) is 4.74 Å². The van der Waals surface area contributed by atoms with E-state index in [1.807, 2.05) is 36.4 Å². The van der Waals surface area contributed by atoms with Crippen molar-refractivity contribution in [2.45, 2.75) is 25.6 Å². The van der Waals surface area contributed by atoms with Gasteiger partial charge in [-0.15, -0.1) is 0 Å². The molecule has 2 unspecified atom stereocenters. The van der Waals surface area contributed by atoms with Gasteiger partial charge < -0.3 is 4.74 Å². The fourth-order valence-corrected chi connectivity index (χ4v) is 1.86. The monoisotopic (exact) mass is 262 g/mol. The molecule has 0 bridgehead atoms. The van der Waals surface area contributed by atoms with E-state index in [9.17, 15) is 8.78 Å². The highest BCUT2D eigenvalue weighted by molar-refractivity contribution is 5.16. The van der Waals surface area contributed by atoms with E-state index in [-0.39, 0.29) is 12.8 Å². The Hall–Kier alpha value is -1.74. The molecule has 0 aliphatic carbocycles. The minimum absolute atomic E-state index is 0.0655. The first-order chi connectivity index (χ1) is 9.24. The van der Waals surface area contributed by atoms with Gasteiger partial charge >= 0.3 is 0 Å². The Morgan fingerprint density at radius 3 is 1.42 bits per heavy atom. The average molecular weight is 262 g/mol. The van der Waals surface area contributed by atoms with Crippen molar-refractivity contribution < 1.29 is 13.5 Å². The van der Waals surface area contributed by atoms with Crippen molar-refractivity contribution in [2.24, 2.45) is 0 Å². The third-order valence-electron chi connectivity index (χ3n) is 2.77. The maximum absolute atomic E-state index is 13.6. The second-order valence-corrected chi connectivity index (χ2v) is 4.34. The SMILES string of the molecule is FC(Cc1ccccc1)OC(F)Cc1ccccc1. The third-order valence-corrected chi connectivity index (χ3v) is 2.77. The van der Waals surface area contributed by atoms with E-state index < -0.39 is 12.7 Å². The van der Waals surface area contributed by atoms with Crippen LogP contribution in [0.5, 0.6) is 0 Å². The van der Waals surface area contributed by atoms with Crippen LogP contribution in [0.25, 0.3) is 0 Å². The summed E-state index contributed by atoms with van der Waals surface area (Å²) >= 11 is 0. The van der Waals surface area contributed by atoms with Crippen LogP contribution >= 0.6 is 0 Å². The molecule has 0 aliphatic heterocycles. The number of alkyl halides is 2. The molecule has 1 nitrogen and oxygen atoms in total. The second-order valence-electron chi connectivity index (χ2n) is 4.34. The molecule has 0 N–H and O–H groups in total. The summed E-state index contributed by atoms with van der Waals surface area (Å²) in [6, 6.07) is 18.1. The molecule has 0 saturated carbocycles. The standard InChI is InChI=1S/C16H16F2O/c17-15(11-13-7-3-1-4-8-13)19-16(18)12-14-9-5-2-6-10-14/h1-10,15-16H,11-12H2. The molecule has 19 heavy (non-hydrogen) atoms. The Morgan fingerprint density at radius 1 is 0.684 bits per heavy atom. The van der Waals surface area contributed by atoms with E-state index in [0.29, 0.717) is 0 Å². The first kappa shape index (κ1) is 13.7. The largest absolute Gasteiger partial charge is 0.313 e. The minimum Gasteiger partial charge on any atom is -0.313 e. The van der Waals surface area contributed by atoms with Gasteiger partial charge in [0.2, 0.25) is 12.7 Å². The lowest BCUT2D eigenvalue weighted by Crippen LogP contribution is -2.19. The van der Waals surface area contributed by atoms with Crippen molar-refractivity contribution in [3.8, 4) is 0 Å². The van der Waals surface area contributed by atoms with Crippen LogP contribution in [0.1, 0.15) is 11.1 Å². The second kappa shape index (κ2) is 7.00. The fourth-order valence-electron chi connectivity index (χ4n) is 1.86. The van der Waals surface area contributed by atoms with E-state index in [0.717, 1.165) is 11.1 Å². The molecule has 3 heteroatoms. The van der Waals surface area contributed by atoms with Crippen LogP contribution in [-0.4, -0.2) is 12.7 Å². The normalized spacial score (nSPS) is 14.0. The maximum Gasteiger partial charge on any atom is 0.205 e. The molecule has 0 saturated heterocycles. The summed E-state index contributed by atoms with van der Waals surface area (Å²) in [5, 5.41) is 0. The number of hydrogen-bond donors (Lipinski definition) is 0. The average Bonchev–Trinajstić information content (AvgIpc) is 2.40. The Bertz CT molecular complexity index is 427. The van der Waals surface area contributed by atoms with Crippen molar-refractivity contribution in [3.05, 3.63) is 71.8 Å². The zero-order chi connectivity index (χ0) is 13.5. The molecule has 0 radical (unpaired) electrons. The maximum atomic E-state index is 13.6. The van der Waals surface area contributed by atoms with Gasteiger partial charge in [0.05, 0.1) is 0 Å². The highest BCUT2D eigenvalue weighted by atomic mass is 19.2. The summed E-state index contributed by atoms with van der Waals surface area (Å²) < 4.78 is 31.9. The summed E-state index contributed by atoms with van der Waals surface area (Å²) in [6.45, 7) is 0. The predicted molar refractivity (Wildman–Crippen MR) is 71.2 cm³/mol. The van der Waals surface area contributed by atoms with E-state index in [1.165, 1.54) is 0 Å². The molecule has 2 atom stereocenters. The summed E-state index contributed by atoms with van der Waals surface area (Å²) in [5.74, 6) is 0. The van der Waals surface area contributed by atoms with Crippen LogP contribution in [0.2, 0.25) is 0 Å². The third kappa shape index (κ3) is 4.79. The zero-order valence-electron chi connectivity index (χ0n) is 10.5. The summed E-state index contributed by atoms with van der Waals surface area (Å²) in [5.41, 5.74) is 1.59. The van der Waals surface area contributed by atoms with E-state index in [2.05, 4.69) is 0 Å². The number of halogens is 2. The fraction of sp³-hybridized carbons (Fsp3) is 0.250. The van der Waals surface area contributed by atoms with Crippen molar-refractivity contribution in [3.63, 3.8) is 0 Å². The highest BCUT2D eigenvalue weighted by Crippen LogP contribution is 2.13. The predicted octanol–water partition coefficient (Wildman–Crippen LogP) is 4.08. The zero-order valence-corrected chi connectivity index (χ0v) is 10.5. The van der Waals surface area contributed by atoms with Crippen LogP contribution in [0.3, 0.4) is 0 Å². The molecule has 0 fully saturated rings. The van der Waals surface area contributed by atoms with Gasteiger partial charge in [0, 0.05) is 12.8 Å². The molecule has 2 aromatic carbocycles. The van der Waals surface area contributed by atoms with Gasteiger partial charge in [-0.3, -0.25) is 0 Å². The minimum atomic E-state index is -1.62. The van der Waals surface area contributed by atoms with Crippen molar-refractivity contribution in [1.29, 1.82) is 0 Å². The lowest BCUT2D eigenvalue weighted by atomic mass is 10.1. The first-order valence-corrected chi connectivity index (χ1v) is 6.25. The summed E-state index contributed by atoms with van der Waals surface area (Å²) in [4.78, 5) is 0. The lowest BCUT2D eigenvalue weighted by molar-refractivity contribution is -0.137. The molecule has 0 aliphatic rings. The first-order valence-electron chi connectivity index (χ1n) is 6.25. The topological polar surface area (TPSA) is 9.23 Å². The molecule has 0 spiro atoms. The van der Waals surface area contributed by atoms with Gasteiger partial charge in [0.15, 0.2) is 0 Å². The molecule has 0 amide bonds. The Kier molecular flexibility index (Phi) is 5.04. The molecule has 100 valence electrons. The molecular weight excluding hydrogens is 246 g/mol. The molecule has 0 aromatic heterocycles. The summed E-state index contributed by atoms with van der Waals surface area (Å²) in [6.07, 6.45) is -3.12. The van der Waals surface area contributed by atoms with Gasteiger partial charge in [-0.25, -0.2) is 8.78 Å². The van der Waals surface area contributed by atoms with Crippen molar-refractivity contribution >= 4 is 0 Å². The Morgan fingerprint density at radius 2 is 1.05 bits per heavy atom. The van der Waals surface area contributed by atoms with Crippen LogP contribution in [0.4, 0.5) is 8.78 Å². The number of hydrogen-bond acceptors (Lipinski definition) is 1. The lowest BCUT2D eigenvalue weighted by Gasteiger charge is -2.14. The van der Waals surface area contributed by atoms with Crippen LogP contribution in [0, 0.1) is 0 Å².